The average Bonchev–Trinajstić information content (AvgIpc) is 2.03. The Labute approximate surface area is 79.2 Å². The molecule has 0 radical (unpaired) electrons. The zero-order valence-corrected chi connectivity index (χ0v) is 8.61. The van der Waals surface area contributed by atoms with Crippen molar-refractivity contribution in [2.75, 3.05) is 0 Å². The molecule has 0 aromatic carbocycles. The van der Waals surface area contributed by atoms with Crippen molar-refractivity contribution >= 4 is 0 Å². The third-order valence-corrected chi connectivity index (χ3v) is 1.61. The van der Waals surface area contributed by atoms with Crippen LogP contribution in [0.4, 0.5) is 0 Å². The highest BCUT2D eigenvalue weighted by atomic mass is 16.5. The van der Waals surface area contributed by atoms with E-state index in [1.165, 1.54) is 0 Å². The van der Waals surface area contributed by atoms with E-state index in [1.807, 2.05) is 19.9 Å². The van der Waals surface area contributed by atoms with Crippen LogP contribution < -0.4 is 4.74 Å². The smallest absolute Gasteiger partial charge is 0.216 e. The molecule has 0 fully saturated rings. The number of hydrogen-bond donors (Lipinski definition) is 0. The van der Waals surface area contributed by atoms with Crippen molar-refractivity contribution in [2.24, 2.45) is 0 Å². The van der Waals surface area contributed by atoms with Crippen LogP contribution in [0.3, 0.4) is 0 Å². The Morgan fingerprint density at radius 2 is 1.85 bits per heavy atom. The van der Waals surface area contributed by atoms with Crippen molar-refractivity contribution in [3.63, 3.8) is 0 Å². The first-order chi connectivity index (χ1) is 6.09. The monoisotopic (exact) mass is 180 g/mol. The quantitative estimate of drug-likeness (QED) is 0.716. The molecule has 0 saturated carbocycles. The van der Waals surface area contributed by atoms with Gasteiger partial charge in [-0.3, -0.25) is 0 Å². The summed E-state index contributed by atoms with van der Waals surface area (Å²) in [6, 6.07) is 1.89. The first-order valence-electron chi connectivity index (χ1n) is 4.58. The van der Waals surface area contributed by atoms with E-state index in [-0.39, 0.29) is 6.10 Å². The maximum atomic E-state index is 5.45. The minimum absolute atomic E-state index is 0.162. The Balaban J connectivity index is 2.79. The Bertz CT molecular complexity index is 271. The number of hydrogen-bond acceptors (Lipinski definition) is 3. The van der Waals surface area contributed by atoms with Gasteiger partial charge in [0.15, 0.2) is 0 Å². The molecule has 1 rings (SSSR count). The summed E-state index contributed by atoms with van der Waals surface area (Å²) in [5.41, 5.74) is 1.02. The molecule has 0 N–H and O–H groups in total. The summed E-state index contributed by atoms with van der Waals surface area (Å²) in [5.74, 6) is 1.08. The van der Waals surface area contributed by atoms with Gasteiger partial charge in [-0.1, -0.05) is 13.8 Å². The molecule has 0 amide bonds. The number of aromatic nitrogens is 2. The molecule has 13 heavy (non-hydrogen) atoms. The number of nitrogens with zero attached hydrogens (tertiary/aromatic N) is 2. The lowest BCUT2D eigenvalue weighted by Gasteiger charge is -2.10. The lowest BCUT2D eigenvalue weighted by atomic mass is 10.1. The summed E-state index contributed by atoms with van der Waals surface area (Å²) in [6.45, 7) is 8.16. The van der Waals surface area contributed by atoms with Crippen LogP contribution in [0.25, 0.3) is 0 Å². The average molecular weight is 180 g/mol. The van der Waals surface area contributed by atoms with Gasteiger partial charge >= 0.3 is 0 Å². The maximum Gasteiger partial charge on any atom is 0.216 e. The molecule has 0 bridgehead atoms. The fraction of sp³-hybridized carbons (Fsp3) is 0.600. The van der Waals surface area contributed by atoms with Crippen LogP contribution in [0, 0.1) is 0 Å². The molecule has 3 nitrogen and oxygen atoms in total. The fourth-order valence-electron chi connectivity index (χ4n) is 0.975. The Morgan fingerprint density at radius 3 is 2.38 bits per heavy atom. The lowest BCUT2D eigenvalue weighted by Crippen LogP contribution is -2.07. The Hall–Kier alpha value is -1.12. The van der Waals surface area contributed by atoms with Gasteiger partial charge in [0, 0.05) is 6.07 Å². The highest BCUT2D eigenvalue weighted by Crippen LogP contribution is 2.15. The molecule has 0 saturated heterocycles. The van der Waals surface area contributed by atoms with Gasteiger partial charge in [-0.2, -0.15) is 0 Å². The second-order valence-electron chi connectivity index (χ2n) is 3.60. The second kappa shape index (κ2) is 4.21. The van der Waals surface area contributed by atoms with E-state index in [0.29, 0.717) is 11.8 Å². The zero-order chi connectivity index (χ0) is 9.84. The minimum Gasteiger partial charge on any atom is -0.475 e. The van der Waals surface area contributed by atoms with Gasteiger partial charge < -0.3 is 4.74 Å². The summed E-state index contributed by atoms with van der Waals surface area (Å²) in [7, 11) is 0. The van der Waals surface area contributed by atoms with E-state index in [4.69, 9.17) is 4.74 Å². The molecule has 0 atom stereocenters. The molecular formula is C10H16N2O. The molecular weight excluding hydrogens is 164 g/mol. The first kappa shape index (κ1) is 9.96. The standard InChI is InChI=1S/C10H16N2O/c1-7(2)9-5-10(12-6-11-9)13-8(3)4/h5-8H,1-4H3. The van der Waals surface area contributed by atoms with Crippen molar-refractivity contribution in [2.45, 2.75) is 39.7 Å². The molecule has 3 heteroatoms. The molecule has 1 heterocycles. The zero-order valence-electron chi connectivity index (χ0n) is 8.61. The summed E-state index contributed by atoms with van der Waals surface area (Å²) in [4.78, 5) is 8.18. The van der Waals surface area contributed by atoms with Crippen LogP contribution in [-0.4, -0.2) is 16.1 Å². The Kier molecular flexibility index (Phi) is 3.23. The van der Waals surface area contributed by atoms with Gasteiger partial charge in [0.1, 0.15) is 6.33 Å². The topological polar surface area (TPSA) is 35.0 Å². The van der Waals surface area contributed by atoms with Gasteiger partial charge in [-0.25, -0.2) is 9.97 Å². The van der Waals surface area contributed by atoms with Crippen molar-refractivity contribution in [3.05, 3.63) is 18.1 Å². The van der Waals surface area contributed by atoms with Crippen molar-refractivity contribution in [3.8, 4) is 5.88 Å². The number of ether oxygens (including phenoxy) is 1. The van der Waals surface area contributed by atoms with Crippen LogP contribution in [0.5, 0.6) is 5.88 Å². The molecule has 0 aliphatic rings. The molecule has 0 aliphatic heterocycles. The van der Waals surface area contributed by atoms with Crippen LogP contribution in [0.1, 0.15) is 39.3 Å². The van der Waals surface area contributed by atoms with E-state index < -0.39 is 0 Å². The highest BCUT2D eigenvalue weighted by molar-refractivity contribution is 5.16. The fourth-order valence-corrected chi connectivity index (χ4v) is 0.975. The van der Waals surface area contributed by atoms with E-state index in [0.717, 1.165) is 5.69 Å². The lowest BCUT2D eigenvalue weighted by molar-refractivity contribution is 0.231. The SMILES string of the molecule is CC(C)Oc1cc(C(C)C)ncn1. The predicted molar refractivity (Wildman–Crippen MR) is 51.9 cm³/mol. The summed E-state index contributed by atoms with van der Waals surface area (Å²) in [6.07, 6.45) is 1.71. The maximum absolute atomic E-state index is 5.45. The molecule has 1 aromatic rings. The molecule has 72 valence electrons. The van der Waals surface area contributed by atoms with Crippen LogP contribution in [-0.2, 0) is 0 Å². The van der Waals surface area contributed by atoms with Gasteiger partial charge in [0.2, 0.25) is 5.88 Å². The van der Waals surface area contributed by atoms with Crippen LogP contribution in [0.2, 0.25) is 0 Å². The molecule has 0 unspecified atom stereocenters. The summed E-state index contributed by atoms with van der Waals surface area (Å²) < 4.78 is 5.45. The van der Waals surface area contributed by atoms with Crippen molar-refractivity contribution in [1.29, 1.82) is 0 Å². The van der Waals surface area contributed by atoms with E-state index >= 15 is 0 Å². The normalized spacial score (nSPS) is 10.9. The molecule has 0 aliphatic carbocycles. The third kappa shape index (κ3) is 3.01. The van der Waals surface area contributed by atoms with Gasteiger partial charge in [-0.05, 0) is 19.8 Å². The predicted octanol–water partition coefficient (Wildman–Crippen LogP) is 2.39. The second-order valence-corrected chi connectivity index (χ2v) is 3.60. The Morgan fingerprint density at radius 1 is 1.15 bits per heavy atom. The van der Waals surface area contributed by atoms with E-state index in [2.05, 4.69) is 23.8 Å². The minimum atomic E-state index is 0.162. The van der Waals surface area contributed by atoms with Crippen molar-refractivity contribution < 1.29 is 4.74 Å². The van der Waals surface area contributed by atoms with Gasteiger partial charge in [0.25, 0.3) is 0 Å². The number of rotatable bonds is 3. The van der Waals surface area contributed by atoms with Crippen LogP contribution >= 0.6 is 0 Å². The third-order valence-electron chi connectivity index (χ3n) is 1.61. The summed E-state index contributed by atoms with van der Waals surface area (Å²) >= 11 is 0. The van der Waals surface area contributed by atoms with E-state index in [1.54, 1.807) is 6.33 Å². The van der Waals surface area contributed by atoms with E-state index in [9.17, 15) is 0 Å². The summed E-state index contributed by atoms with van der Waals surface area (Å²) in [5, 5.41) is 0. The first-order valence-corrected chi connectivity index (χ1v) is 4.58. The van der Waals surface area contributed by atoms with Gasteiger partial charge in [0.05, 0.1) is 11.8 Å². The largest absolute Gasteiger partial charge is 0.475 e. The molecule has 0 spiro atoms. The highest BCUT2D eigenvalue weighted by Gasteiger charge is 2.04. The molecule has 1 aromatic heterocycles. The van der Waals surface area contributed by atoms with Gasteiger partial charge in [-0.15, -0.1) is 0 Å². The van der Waals surface area contributed by atoms with Crippen molar-refractivity contribution in [1.82, 2.24) is 9.97 Å². The van der Waals surface area contributed by atoms with Crippen LogP contribution in [0.15, 0.2) is 12.4 Å².